The monoisotopic (exact) mass is 674 g/mol. The number of carbonyl (C=O) groups excluding carboxylic acids is 1. The first-order valence-corrected chi connectivity index (χ1v) is 16.4. The van der Waals surface area contributed by atoms with Crippen LogP contribution < -0.4 is 19.5 Å². The van der Waals surface area contributed by atoms with Gasteiger partial charge in [0, 0.05) is 35.0 Å². The van der Waals surface area contributed by atoms with E-state index >= 15 is 0 Å². The number of carboxylic acids is 1. The van der Waals surface area contributed by atoms with Gasteiger partial charge in [0.15, 0.2) is 11.5 Å². The largest absolute Gasteiger partial charge is 0.493 e. The van der Waals surface area contributed by atoms with Crippen LogP contribution in [0.1, 0.15) is 31.8 Å². The maximum Gasteiger partial charge on any atom is 0.337 e. The molecule has 8 nitrogen and oxygen atoms in total. The summed E-state index contributed by atoms with van der Waals surface area (Å²) in [4.78, 5) is 26.7. The Kier molecular flexibility index (Phi) is 9.47. The molecule has 51 heavy (non-hydrogen) atoms. The quantitative estimate of drug-likeness (QED) is 0.134. The van der Waals surface area contributed by atoms with Crippen molar-refractivity contribution in [3.05, 3.63) is 174 Å². The average molecular weight is 675 g/mol. The van der Waals surface area contributed by atoms with Crippen LogP contribution in [-0.2, 0) is 13.2 Å². The summed E-state index contributed by atoms with van der Waals surface area (Å²) in [5.41, 5.74) is 5.75. The summed E-state index contributed by atoms with van der Waals surface area (Å²) in [6.07, 6.45) is 1.66. The van der Waals surface area contributed by atoms with Gasteiger partial charge in [-0.05, 0) is 41.0 Å². The van der Waals surface area contributed by atoms with Gasteiger partial charge in [-0.1, -0.05) is 109 Å². The van der Waals surface area contributed by atoms with Gasteiger partial charge in [-0.3, -0.25) is 4.79 Å². The van der Waals surface area contributed by atoms with E-state index < -0.39 is 5.97 Å². The SMILES string of the molecule is COc1cc(-n2cc(C(=O)Nc3ccccc3-c3ccc(OCc4ccccc4)cc3)c3ccccc32)c(C(=O)O)cc1OCc1ccccc1. The zero-order chi connectivity index (χ0) is 35.2. The number of nitrogens with one attached hydrogen (secondary N) is 1. The maximum atomic E-state index is 14.0. The molecule has 0 bridgehead atoms. The normalized spacial score (nSPS) is 10.8. The first-order valence-electron chi connectivity index (χ1n) is 16.4. The number of fused-ring (bicyclic) bond motifs is 1. The number of para-hydroxylation sites is 2. The maximum absolute atomic E-state index is 14.0. The Balaban J connectivity index is 1.18. The van der Waals surface area contributed by atoms with Crippen molar-refractivity contribution in [2.75, 3.05) is 12.4 Å². The van der Waals surface area contributed by atoms with E-state index in [4.69, 9.17) is 14.2 Å². The minimum Gasteiger partial charge on any atom is -0.493 e. The van der Waals surface area contributed by atoms with E-state index in [-0.39, 0.29) is 18.1 Å². The van der Waals surface area contributed by atoms with Crippen molar-refractivity contribution in [3.8, 4) is 34.1 Å². The molecule has 252 valence electrons. The third-order valence-corrected chi connectivity index (χ3v) is 8.55. The zero-order valence-electron chi connectivity index (χ0n) is 27.8. The van der Waals surface area contributed by atoms with Crippen molar-refractivity contribution in [2.45, 2.75) is 13.2 Å². The molecule has 7 aromatic rings. The molecule has 0 aliphatic rings. The zero-order valence-corrected chi connectivity index (χ0v) is 27.8. The summed E-state index contributed by atoms with van der Waals surface area (Å²) >= 11 is 0. The van der Waals surface area contributed by atoms with Gasteiger partial charge in [0.2, 0.25) is 0 Å². The Morgan fingerprint density at radius 1 is 0.667 bits per heavy atom. The van der Waals surface area contributed by atoms with Gasteiger partial charge >= 0.3 is 5.97 Å². The number of carbonyl (C=O) groups is 2. The number of amides is 1. The highest BCUT2D eigenvalue weighted by Gasteiger charge is 2.23. The molecule has 0 atom stereocenters. The molecule has 0 aliphatic heterocycles. The van der Waals surface area contributed by atoms with Crippen LogP contribution in [-0.4, -0.2) is 28.7 Å². The van der Waals surface area contributed by atoms with E-state index in [2.05, 4.69) is 5.32 Å². The van der Waals surface area contributed by atoms with Crippen LogP contribution in [0, 0.1) is 0 Å². The minimum absolute atomic E-state index is 0.00638. The van der Waals surface area contributed by atoms with Crippen LogP contribution in [0.15, 0.2) is 152 Å². The number of methoxy groups -OCH3 is 1. The van der Waals surface area contributed by atoms with Crippen molar-refractivity contribution >= 4 is 28.5 Å². The molecule has 0 unspecified atom stereocenters. The Hall–Kier alpha value is -6.80. The second-order valence-electron chi connectivity index (χ2n) is 11.8. The number of hydrogen-bond acceptors (Lipinski definition) is 5. The highest BCUT2D eigenvalue weighted by Crippen LogP contribution is 2.37. The van der Waals surface area contributed by atoms with E-state index in [9.17, 15) is 14.7 Å². The average Bonchev–Trinajstić information content (AvgIpc) is 3.57. The van der Waals surface area contributed by atoms with Crippen molar-refractivity contribution < 1.29 is 28.9 Å². The lowest BCUT2D eigenvalue weighted by molar-refractivity contribution is 0.0696. The Morgan fingerprint density at radius 3 is 1.98 bits per heavy atom. The molecule has 0 aliphatic carbocycles. The summed E-state index contributed by atoms with van der Waals surface area (Å²) in [5, 5.41) is 14.1. The van der Waals surface area contributed by atoms with E-state index in [1.807, 2.05) is 133 Å². The molecular weight excluding hydrogens is 640 g/mol. The van der Waals surface area contributed by atoms with E-state index in [0.717, 1.165) is 28.0 Å². The standard InChI is InChI=1S/C43H34N2O6/c1-49-40-25-39(35(43(47)48)24-41(40)51-28-30-14-6-3-7-15-30)45-26-36(34-17-9-11-19-38(34)45)42(46)44-37-18-10-8-16-33(37)31-20-22-32(23-21-31)50-27-29-12-4-2-5-13-29/h2-26H,27-28H2,1H3,(H,44,46)(H,47,48). The number of anilines is 1. The number of hydrogen-bond donors (Lipinski definition) is 2. The molecular formula is C43H34N2O6. The molecule has 1 heterocycles. The highest BCUT2D eigenvalue weighted by molar-refractivity contribution is 6.14. The van der Waals surface area contributed by atoms with Gasteiger partial charge in [0.1, 0.15) is 19.0 Å². The summed E-state index contributed by atoms with van der Waals surface area (Å²) in [6.45, 7) is 0.702. The van der Waals surface area contributed by atoms with E-state index in [0.29, 0.717) is 45.9 Å². The van der Waals surface area contributed by atoms with Crippen molar-refractivity contribution in [1.29, 1.82) is 0 Å². The number of benzene rings is 6. The number of carboxylic acid groups (broad SMARTS) is 1. The predicted octanol–water partition coefficient (Wildman–Crippen LogP) is 9.41. The first-order chi connectivity index (χ1) is 25.0. The molecule has 0 saturated carbocycles. The third kappa shape index (κ3) is 7.16. The smallest absolute Gasteiger partial charge is 0.337 e. The summed E-state index contributed by atoms with van der Waals surface area (Å²) < 4.78 is 19.3. The second-order valence-corrected chi connectivity index (χ2v) is 11.8. The van der Waals surface area contributed by atoms with Crippen LogP contribution >= 0.6 is 0 Å². The van der Waals surface area contributed by atoms with Crippen LogP contribution in [0.25, 0.3) is 27.7 Å². The van der Waals surface area contributed by atoms with Gasteiger partial charge in [-0.2, -0.15) is 0 Å². The molecule has 2 N–H and O–H groups in total. The first kappa shape index (κ1) is 32.7. The van der Waals surface area contributed by atoms with E-state index in [1.54, 1.807) is 16.8 Å². The number of nitrogens with zero attached hydrogens (tertiary/aromatic N) is 1. The molecule has 6 aromatic carbocycles. The summed E-state index contributed by atoms with van der Waals surface area (Å²) in [7, 11) is 1.50. The highest BCUT2D eigenvalue weighted by atomic mass is 16.5. The number of aromatic nitrogens is 1. The van der Waals surface area contributed by atoms with Crippen LogP contribution in [0.2, 0.25) is 0 Å². The predicted molar refractivity (Wildman–Crippen MR) is 198 cm³/mol. The lowest BCUT2D eigenvalue weighted by Gasteiger charge is -2.16. The third-order valence-electron chi connectivity index (χ3n) is 8.55. The van der Waals surface area contributed by atoms with Gasteiger partial charge < -0.3 is 29.2 Å². The number of rotatable bonds is 12. The minimum atomic E-state index is -1.15. The van der Waals surface area contributed by atoms with Crippen LogP contribution in [0.3, 0.4) is 0 Å². The number of ether oxygens (including phenoxy) is 3. The van der Waals surface area contributed by atoms with E-state index in [1.165, 1.54) is 13.2 Å². The lowest BCUT2D eigenvalue weighted by Crippen LogP contribution is -2.12. The van der Waals surface area contributed by atoms with Gasteiger partial charge in [0.25, 0.3) is 5.91 Å². The van der Waals surface area contributed by atoms with Crippen molar-refractivity contribution in [3.63, 3.8) is 0 Å². The second kappa shape index (κ2) is 14.8. The number of aromatic carboxylic acids is 1. The van der Waals surface area contributed by atoms with Crippen molar-refractivity contribution in [1.82, 2.24) is 4.57 Å². The molecule has 0 radical (unpaired) electrons. The fourth-order valence-electron chi connectivity index (χ4n) is 5.99. The van der Waals surface area contributed by atoms with Crippen LogP contribution in [0.4, 0.5) is 5.69 Å². The molecule has 0 spiro atoms. The van der Waals surface area contributed by atoms with Crippen LogP contribution in [0.5, 0.6) is 17.2 Å². The summed E-state index contributed by atoms with van der Waals surface area (Å²) in [5.74, 6) is -0.0900. The summed E-state index contributed by atoms with van der Waals surface area (Å²) in [6, 6.07) is 45.4. The lowest BCUT2D eigenvalue weighted by atomic mass is 10.0. The molecule has 1 aromatic heterocycles. The van der Waals surface area contributed by atoms with Gasteiger partial charge in [-0.25, -0.2) is 4.79 Å². The molecule has 1 amide bonds. The van der Waals surface area contributed by atoms with Crippen molar-refractivity contribution in [2.24, 2.45) is 0 Å². The molecule has 8 heteroatoms. The molecule has 0 fully saturated rings. The molecule has 0 saturated heterocycles. The topological polar surface area (TPSA) is 99.0 Å². The fraction of sp³-hybridized carbons (Fsp3) is 0.0698. The Labute approximate surface area is 295 Å². The Bertz CT molecular complexity index is 2320. The van der Waals surface area contributed by atoms with Gasteiger partial charge in [0.05, 0.1) is 29.4 Å². The molecule has 7 rings (SSSR count). The van der Waals surface area contributed by atoms with Gasteiger partial charge in [-0.15, -0.1) is 0 Å². The fourth-order valence-corrected chi connectivity index (χ4v) is 5.99. The Morgan fingerprint density at radius 2 is 1.29 bits per heavy atom.